The number of carboxylic acids is 1. The number of hydrogen-bond acceptors (Lipinski definition) is 1. The van der Waals surface area contributed by atoms with E-state index >= 15 is 0 Å². The molecule has 0 saturated carbocycles. The summed E-state index contributed by atoms with van der Waals surface area (Å²) in [5, 5.41) is 8.72. The highest BCUT2D eigenvalue weighted by atomic mass is 35.5. The third kappa shape index (κ3) is 1.87. The largest absolute Gasteiger partial charge is 0.481 e. The van der Waals surface area contributed by atoms with Gasteiger partial charge in [-0.1, -0.05) is 17.7 Å². The maximum Gasteiger partial charge on any atom is 0.310 e. The van der Waals surface area contributed by atoms with Crippen LogP contribution in [0.3, 0.4) is 0 Å². The second-order valence-corrected chi connectivity index (χ2v) is 3.56. The molecule has 0 heterocycles. The highest BCUT2D eigenvalue weighted by molar-refractivity contribution is 6.30. The standard InChI is InChI=1S/C10H10ClFO2/c1-5-3-4-7(11)9(12)8(5)6(2)10(13)14/h3-4,6H,1-2H3,(H,13,14). The number of halogens is 2. The van der Waals surface area contributed by atoms with Crippen molar-refractivity contribution in [3.63, 3.8) is 0 Å². The van der Waals surface area contributed by atoms with Crippen molar-refractivity contribution in [3.05, 3.63) is 34.1 Å². The van der Waals surface area contributed by atoms with Crippen LogP contribution in [-0.4, -0.2) is 11.1 Å². The van der Waals surface area contributed by atoms with Crippen molar-refractivity contribution >= 4 is 17.6 Å². The van der Waals surface area contributed by atoms with E-state index in [1.165, 1.54) is 13.0 Å². The number of hydrogen-bond donors (Lipinski definition) is 1. The van der Waals surface area contributed by atoms with Crippen molar-refractivity contribution < 1.29 is 14.3 Å². The van der Waals surface area contributed by atoms with Crippen LogP contribution < -0.4 is 0 Å². The Morgan fingerprint density at radius 1 is 1.57 bits per heavy atom. The van der Waals surface area contributed by atoms with Gasteiger partial charge in [-0.3, -0.25) is 4.79 Å². The van der Waals surface area contributed by atoms with Crippen molar-refractivity contribution in [2.45, 2.75) is 19.8 Å². The predicted molar refractivity (Wildman–Crippen MR) is 52.2 cm³/mol. The summed E-state index contributed by atoms with van der Waals surface area (Å²) in [6, 6.07) is 3.03. The Morgan fingerprint density at radius 2 is 2.14 bits per heavy atom. The molecule has 1 N–H and O–H groups in total. The highest BCUT2D eigenvalue weighted by Crippen LogP contribution is 2.27. The van der Waals surface area contributed by atoms with E-state index in [9.17, 15) is 9.18 Å². The average Bonchev–Trinajstić information content (AvgIpc) is 2.12. The first-order valence-corrected chi connectivity index (χ1v) is 4.50. The van der Waals surface area contributed by atoms with Crippen LogP contribution in [0.4, 0.5) is 4.39 Å². The summed E-state index contributed by atoms with van der Waals surface area (Å²) in [7, 11) is 0. The van der Waals surface area contributed by atoms with Crippen LogP contribution in [-0.2, 0) is 4.79 Å². The molecule has 1 aromatic carbocycles. The van der Waals surface area contributed by atoms with E-state index in [1.807, 2.05) is 0 Å². The SMILES string of the molecule is Cc1ccc(Cl)c(F)c1C(C)C(=O)O. The second kappa shape index (κ2) is 3.96. The molecule has 0 bridgehead atoms. The maximum atomic E-state index is 13.5. The van der Waals surface area contributed by atoms with Crippen molar-refractivity contribution in [2.24, 2.45) is 0 Å². The van der Waals surface area contributed by atoms with E-state index in [2.05, 4.69) is 0 Å². The molecule has 1 atom stereocenters. The molecule has 2 nitrogen and oxygen atoms in total. The normalized spacial score (nSPS) is 12.6. The van der Waals surface area contributed by atoms with Crippen LogP contribution >= 0.6 is 11.6 Å². The van der Waals surface area contributed by atoms with Crippen molar-refractivity contribution in [2.75, 3.05) is 0 Å². The van der Waals surface area contributed by atoms with E-state index < -0.39 is 17.7 Å². The molecule has 1 unspecified atom stereocenters. The Labute approximate surface area is 86.3 Å². The first kappa shape index (κ1) is 11.0. The lowest BCUT2D eigenvalue weighted by Gasteiger charge is -2.12. The molecule has 14 heavy (non-hydrogen) atoms. The Morgan fingerprint density at radius 3 is 2.64 bits per heavy atom. The molecule has 0 aromatic heterocycles. The molecule has 0 spiro atoms. The minimum atomic E-state index is -1.06. The Bertz CT molecular complexity index is 377. The number of aliphatic carboxylic acids is 1. The lowest BCUT2D eigenvalue weighted by molar-refractivity contribution is -0.138. The van der Waals surface area contributed by atoms with Crippen molar-refractivity contribution in [1.29, 1.82) is 0 Å². The minimum absolute atomic E-state index is 0.0429. The maximum absolute atomic E-state index is 13.5. The van der Waals surface area contributed by atoms with Gasteiger partial charge in [-0.25, -0.2) is 4.39 Å². The van der Waals surface area contributed by atoms with Gasteiger partial charge in [-0.05, 0) is 25.5 Å². The van der Waals surface area contributed by atoms with E-state index in [0.717, 1.165) is 0 Å². The first-order valence-electron chi connectivity index (χ1n) is 4.12. The van der Waals surface area contributed by atoms with E-state index in [1.54, 1.807) is 13.0 Å². The molecule has 0 aliphatic heterocycles. The molecule has 0 aliphatic carbocycles. The van der Waals surface area contributed by atoms with Gasteiger partial charge in [0.1, 0.15) is 5.82 Å². The number of benzene rings is 1. The minimum Gasteiger partial charge on any atom is -0.481 e. The fourth-order valence-corrected chi connectivity index (χ4v) is 1.48. The van der Waals surface area contributed by atoms with Crippen LogP contribution in [0.1, 0.15) is 24.0 Å². The Kier molecular flexibility index (Phi) is 3.11. The lowest BCUT2D eigenvalue weighted by atomic mass is 9.96. The highest BCUT2D eigenvalue weighted by Gasteiger charge is 2.21. The number of aryl methyl sites for hydroxylation is 1. The molecule has 0 saturated heterocycles. The molecule has 0 aliphatic rings. The zero-order valence-corrected chi connectivity index (χ0v) is 8.60. The smallest absolute Gasteiger partial charge is 0.310 e. The third-order valence-electron chi connectivity index (χ3n) is 2.15. The zero-order chi connectivity index (χ0) is 10.9. The Hall–Kier alpha value is -1.09. The van der Waals surface area contributed by atoms with Crippen LogP contribution in [0.15, 0.2) is 12.1 Å². The van der Waals surface area contributed by atoms with E-state index in [-0.39, 0.29) is 10.6 Å². The average molecular weight is 217 g/mol. The van der Waals surface area contributed by atoms with Gasteiger partial charge in [0, 0.05) is 5.56 Å². The van der Waals surface area contributed by atoms with Gasteiger partial charge in [-0.15, -0.1) is 0 Å². The molecular formula is C10H10ClFO2. The summed E-state index contributed by atoms with van der Waals surface area (Å²) < 4.78 is 13.5. The molecule has 1 rings (SSSR count). The van der Waals surface area contributed by atoms with Crippen molar-refractivity contribution in [3.8, 4) is 0 Å². The van der Waals surface area contributed by atoms with E-state index in [0.29, 0.717) is 5.56 Å². The molecule has 76 valence electrons. The molecule has 1 aromatic rings. The summed E-state index contributed by atoms with van der Waals surface area (Å²) >= 11 is 5.57. The quantitative estimate of drug-likeness (QED) is 0.825. The summed E-state index contributed by atoms with van der Waals surface area (Å²) in [5.41, 5.74) is 0.756. The molecule has 0 amide bonds. The molecule has 0 radical (unpaired) electrons. The summed E-state index contributed by atoms with van der Waals surface area (Å²) in [6.45, 7) is 3.10. The fraction of sp³-hybridized carbons (Fsp3) is 0.300. The predicted octanol–water partition coefficient (Wildman–Crippen LogP) is 2.98. The van der Waals surface area contributed by atoms with E-state index in [4.69, 9.17) is 16.7 Å². The second-order valence-electron chi connectivity index (χ2n) is 3.15. The van der Waals surface area contributed by atoms with Crippen LogP contribution in [0, 0.1) is 12.7 Å². The lowest BCUT2D eigenvalue weighted by Crippen LogP contribution is -2.11. The summed E-state index contributed by atoms with van der Waals surface area (Å²) in [6.07, 6.45) is 0. The molecule has 4 heteroatoms. The van der Waals surface area contributed by atoms with Gasteiger partial charge >= 0.3 is 5.97 Å². The van der Waals surface area contributed by atoms with Gasteiger partial charge in [0.15, 0.2) is 0 Å². The van der Waals surface area contributed by atoms with Gasteiger partial charge in [0.25, 0.3) is 0 Å². The summed E-state index contributed by atoms with van der Waals surface area (Å²) in [4.78, 5) is 10.7. The number of carbonyl (C=O) groups is 1. The monoisotopic (exact) mass is 216 g/mol. The fourth-order valence-electron chi connectivity index (χ4n) is 1.32. The van der Waals surface area contributed by atoms with Crippen LogP contribution in [0.25, 0.3) is 0 Å². The van der Waals surface area contributed by atoms with Crippen LogP contribution in [0.5, 0.6) is 0 Å². The zero-order valence-electron chi connectivity index (χ0n) is 7.84. The molecule has 0 fully saturated rings. The third-order valence-corrected chi connectivity index (χ3v) is 2.45. The molecular weight excluding hydrogens is 207 g/mol. The number of carboxylic acid groups (broad SMARTS) is 1. The van der Waals surface area contributed by atoms with Crippen molar-refractivity contribution in [1.82, 2.24) is 0 Å². The Balaban J connectivity index is 3.32. The van der Waals surface area contributed by atoms with Gasteiger partial charge < -0.3 is 5.11 Å². The van der Waals surface area contributed by atoms with Gasteiger partial charge in [-0.2, -0.15) is 0 Å². The first-order chi connectivity index (χ1) is 6.45. The summed E-state index contributed by atoms with van der Waals surface area (Å²) in [5.74, 6) is -2.58. The number of rotatable bonds is 2. The van der Waals surface area contributed by atoms with Crippen LogP contribution in [0.2, 0.25) is 5.02 Å². The topological polar surface area (TPSA) is 37.3 Å². The van der Waals surface area contributed by atoms with Gasteiger partial charge in [0.2, 0.25) is 0 Å². The van der Waals surface area contributed by atoms with Gasteiger partial charge in [0.05, 0.1) is 10.9 Å².